The minimum absolute atomic E-state index is 0. The van der Waals surface area contributed by atoms with Crippen LogP contribution in [0.5, 0.6) is 0 Å². The molecule has 2 heterocycles. The largest absolute Gasteiger partial charge is 0.354 e. The minimum Gasteiger partial charge on any atom is -0.354 e. The van der Waals surface area contributed by atoms with Crippen molar-refractivity contribution in [2.75, 3.05) is 18.2 Å². The Morgan fingerprint density at radius 1 is 1.42 bits per heavy atom. The van der Waals surface area contributed by atoms with Gasteiger partial charge in [-0.1, -0.05) is 24.2 Å². The average molecular weight is 369 g/mol. The van der Waals surface area contributed by atoms with Crippen LogP contribution in [0.1, 0.15) is 18.3 Å². The summed E-state index contributed by atoms with van der Waals surface area (Å²) in [4.78, 5) is 16.2. The molecule has 130 valence electrons. The van der Waals surface area contributed by atoms with Gasteiger partial charge in [0.2, 0.25) is 5.91 Å². The number of nitrogens with zero attached hydrogens (tertiary/aromatic N) is 2. The van der Waals surface area contributed by atoms with Crippen LogP contribution in [-0.4, -0.2) is 40.3 Å². The van der Waals surface area contributed by atoms with Crippen LogP contribution in [-0.2, 0) is 17.6 Å². The quantitative estimate of drug-likeness (QED) is 0.812. The molecule has 2 N–H and O–H groups in total. The molecule has 1 aromatic carbocycles. The molecule has 0 radical (unpaired) electrons. The fourth-order valence-electron chi connectivity index (χ4n) is 2.35. The predicted octanol–water partition coefficient (Wildman–Crippen LogP) is 2.04. The van der Waals surface area contributed by atoms with Crippen molar-refractivity contribution in [3.05, 3.63) is 35.7 Å². The highest BCUT2D eigenvalue weighted by atomic mass is 35.5. The van der Waals surface area contributed by atoms with E-state index in [4.69, 9.17) is 4.52 Å². The second-order valence-electron chi connectivity index (χ2n) is 5.38. The van der Waals surface area contributed by atoms with Crippen molar-refractivity contribution < 1.29 is 9.32 Å². The van der Waals surface area contributed by atoms with E-state index in [-0.39, 0.29) is 24.4 Å². The molecule has 1 saturated heterocycles. The number of hydrogen-bond acceptors (Lipinski definition) is 6. The second kappa shape index (κ2) is 9.05. The maximum atomic E-state index is 11.9. The van der Waals surface area contributed by atoms with Gasteiger partial charge in [0.25, 0.3) is 5.89 Å². The van der Waals surface area contributed by atoms with E-state index in [1.807, 2.05) is 31.2 Å². The minimum atomic E-state index is -0.0485. The van der Waals surface area contributed by atoms with Crippen molar-refractivity contribution in [1.82, 2.24) is 20.8 Å². The zero-order valence-electron chi connectivity index (χ0n) is 13.4. The van der Waals surface area contributed by atoms with Crippen LogP contribution in [0.15, 0.2) is 28.8 Å². The van der Waals surface area contributed by atoms with Crippen molar-refractivity contribution in [1.29, 1.82) is 0 Å². The number of aromatic nitrogens is 2. The highest BCUT2D eigenvalue weighted by Crippen LogP contribution is 2.18. The molecule has 1 amide bonds. The number of rotatable bonds is 6. The van der Waals surface area contributed by atoms with E-state index in [0.717, 1.165) is 35.6 Å². The van der Waals surface area contributed by atoms with Gasteiger partial charge >= 0.3 is 0 Å². The van der Waals surface area contributed by atoms with Crippen molar-refractivity contribution >= 4 is 30.1 Å². The number of benzene rings is 1. The third-order valence-corrected chi connectivity index (χ3v) is 4.67. The molecule has 0 saturated carbocycles. The van der Waals surface area contributed by atoms with Gasteiger partial charge in [0, 0.05) is 30.2 Å². The van der Waals surface area contributed by atoms with E-state index >= 15 is 0 Å². The van der Waals surface area contributed by atoms with Gasteiger partial charge in [-0.05, 0) is 24.1 Å². The van der Waals surface area contributed by atoms with E-state index in [1.54, 1.807) is 11.8 Å². The molecule has 1 atom stereocenters. The summed E-state index contributed by atoms with van der Waals surface area (Å²) in [5.41, 5.74) is 2.08. The standard InChI is InChI=1S/C16H20N4O2S.ClH/c1-2-14-19-16(22-20-14)12-5-3-11(4-6-12)7-8-17-15(21)13-9-23-10-18-13;/h3-6,13,18H,2,7-10H2,1H3,(H,17,21);1H. The zero-order valence-corrected chi connectivity index (χ0v) is 15.1. The lowest BCUT2D eigenvalue weighted by atomic mass is 10.1. The topological polar surface area (TPSA) is 80.0 Å². The molecule has 24 heavy (non-hydrogen) atoms. The van der Waals surface area contributed by atoms with Crippen LogP contribution in [0.4, 0.5) is 0 Å². The Balaban J connectivity index is 0.00000208. The first-order valence-electron chi connectivity index (χ1n) is 7.77. The van der Waals surface area contributed by atoms with Crippen LogP contribution >= 0.6 is 24.2 Å². The predicted molar refractivity (Wildman–Crippen MR) is 97.3 cm³/mol. The number of thioether (sulfide) groups is 1. The summed E-state index contributed by atoms with van der Waals surface area (Å²) in [7, 11) is 0. The van der Waals surface area contributed by atoms with Gasteiger partial charge in [-0.15, -0.1) is 24.2 Å². The van der Waals surface area contributed by atoms with Crippen molar-refractivity contribution in [3.8, 4) is 11.5 Å². The molecule has 1 unspecified atom stereocenters. The van der Waals surface area contributed by atoms with Gasteiger partial charge in [0.1, 0.15) is 0 Å². The van der Waals surface area contributed by atoms with Crippen molar-refractivity contribution in [3.63, 3.8) is 0 Å². The van der Waals surface area contributed by atoms with E-state index < -0.39 is 0 Å². The first kappa shape index (κ1) is 18.8. The van der Waals surface area contributed by atoms with Gasteiger partial charge in [-0.25, -0.2) is 0 Å². The maximum Gasteiger partial charge on any atom is 0.257 e. The Kier molecular flexibility index (Phi) is 7.08. The van der Waals surface area contributed by atoms with Crippen LogP contribution in [0.3, 0.4) is 0 Å². The van der Waals surface area contributed by atoms with Gasteiger partial charge in [-0.3, -0.25) is 10.1 Å². The number of aryl methyl sites for hydroxylation is 1. The second-order valence-corrected chi connectivity index (χ2v) is 6.41. The Bertz CT molecular complexity index is 656. The lowest BCUT2D eigenvalue weighted by Crippen LogP contribution is -2.42. The monoisotopic (exact) mass is 368 g/mol. The molecular formula is C16H21ClN4O2S. The Morgan fingerprint density at radius 2 is 2.21 bits per heavy atom. The van der Waals surface area contributed by atoms with E-state index in [0.29, 0.717) is 18.3 Å². The highest BCUT2D eigenvalue weighted by Gasteiger charge is 2.21. The molecule has 1 aromatic heterocycles. The van der Waals surface area contributed by atoms with Crippen molar-refractivity contribution in [2.45, 2.75) is 25.8 Å². The average Bonchev–Trinajstić information content (AvgIpc) is 3.27. The third-order valence-electron chi connectivity index (χ3n) is 3.73. The molecule has 1 fully saturated rings. The molecule has 0 spiro atoms. The number of carbonyl (C=O) groups is 1. The molecule has 0 aliphatic carbocycles. The lowest BCUT2D eigenvalue weighted by Gasteiger charge is -2.10. The van der Waals surface area contributed by atoms with E-state index in [9.17, 15) is 4.79 Å². The van der Waals surface area contributed by atoms with Gasteiger partial charge < -0.3 is 9.84 Å². The summed E-state index contributed by atoms with van der Waals surface area (Å²) < 4.78 is 5.22. The normalized spacial score (nSPS) is 16.6. The molecule has 2 aromatic rings. The number of carbonyl (C=O) groups excluding carboxylic acids is 1. The first-order chi connectivity index (χ1) is 11.3. The van der Waals surface area contributed by atoms with Crippen LogP contribution < -0.4 is 10.6 Å². The smallest absolute Gasteiger partial charge is 0.257 e. The highest BCUT2D eigenvalue weighted by molar-refractivity contribution is 7.99. The van der Waals surface area contributed by atoms with Gasteiger partial charge in [0.05, 0.1) is 6.04 Å². The summed E-state index contributed by atoms with van der Waals surface area (Å²) in [6, 6.07) is 7.95. The first-order valence-corrected chi connectivity index (χ1v) is 8.92. The van der Waals surface area contributed by atoms with Gasteiger partial charge in [0.15, 0.2) is 5.82 Å². The Labute approximate surface area is 151 Å². The Morgan fingerprint density at radius 3 is 2.83 bits per heavy atom. The molecule has 3 rings (SSSR count). The number of nitrogens with one attached hydrogen (secondary N) is 2. The molecule has 8 heteroatoms. The summed E-state index contributed by atoms with van der Waals surface area (Å²) in [5, 5.41) is 10.0. The number of hydrogen-bond donors (Lipinski definition) is 2. The van der Waals surface area contributed by atoms with E-state index in [1.165, 1.54) is 0 Å². The van der Waals surface area contributed by atoms with Crippen molar-refractivity contribution in [2.24, 2.45) is 0 Å². The SMILES string of the molecule is CCc1noc(-c2ccc(CCNC(=O)C3CSCN3)cc2)n1.Cl. The summed E-state index contributed by atoms with van der Waals surface area (Å²) in [6.45, 7) is 2.63. The van der Waals surface area contributed by atoms with Crippen LogP contribution in [0.2, 0.25) is 0 Å². The number of amides is 1. The Hall–Kier alpha value is -1.57. The van der Waals surface area contributed by atoms with E-state index in [2.05, 4.69) is 20.8 Å². The summed E-state index contributed by atoms with van der Waals surface area (Å²) >= 11 is 1.75. The fourth-order valence-corrected chi connectivity index (χ4v) is 3.29. The molecule has 0 bridgehead atoms. The lowest BCUT2D eigenvalue weighted by molar-refractivity contribution is -0.122. The molecule has 1 aliphatic heterocycles. The van der Waals surface area contributed by atoms with Crippen LogP contribution in [0, 0.1) is 0 Å². The molecular weight excluding hydrogens is 348 g/mol. The number of halogens is 1. The van der Waals surface area contributed by atoms with Gasteiger partial charge in [-0.2, -0.15) is 4.98 Å². The molecule has 6 nitrogen and oxygen atoms in total. The van der Waals surface area contributed by atoms with Crippen LogP contribution in [0.25, 0.3) is 11.5 Å². The maximum absolute atomic E-state index is 11.9. The molecule has 1 aliphatic rings. The third kappa shape index (κ3) is 4.72. The fraction of sp³-hybridized carbons (Fsp3) is 0.438. The summed E-state index contributed by atoms with van der Waals surface area (Å²) in [5.74, 6) is 3.06. The zero-order chi connectivity index (χ0) is 16.1. The summed E-state index contributed by atoms with van der Waals surface area (Å²) in [6.07, 6.45) is 1.56.